The molecule has 2 aromatic carbocycles. The zero-order valence-corrected chi connectivity index (χ0v) is 14.8. The lowest BCUT2D eigenvalue weighted by Crippen LogP contribution is -1.99. The van der Waals surface area contributed by atoms with Crippen LogP contribution in [0, 0.1) is 0 Å². The minimum absolute atomic E-state index is 0.0499. The van der Waals surface area contributed by atoms with E-state index in [1.165, 1.54) is 16.9 Å². The molecule has 0 aliphatic heterocycles. The maximum Gasteiger partial charge on any atom is 0.309 e. The summed E-state index contributed by atoms with van der Waals surface area (Å²) in [5, 5.41) is 11.4. The molecule has 0 saturated carbocycles. The van der Waals surface area contributed by atoms with E-state index in [4.69, 9.17) is 9.84 Å². The molecule has 0 spiro atoms. The zero-order valence-electron chi connectivity index (χ0n) is 13.9. The van der Waals surface area contributed by atoms with Gasteiger partial charge in [0, 0.05) is 10.9 Å². The summed E-state index contributed by atoms with van der Waals surface area (Å²) in [6.45, 7) is 2.17. The second kappa shape index (κ2) is 7.94. The van der Waals surface area contributed by atoms with Crippen molar-refractivity contribution in [3.05, 3.63) is 65.2 Å². The molecule has 25 heavy (non-hydrogen) atoms. The Morgan fingerprint density at radius 1 is 1.08 bits per heavy atom. The normalized spacial score (nSPS) is 10.6. The standard InChI is InChI=1S/C20H19NO3S/c1-2-3-14-4-8-17(9-5-14)24-18-10-6-15(7-11-18)20-21-16(13-25-20)12-19(22)23/h4-11,13H,2-3,12H2,1H3,(H,22,23). The number of aliphatic carboxylic acids is 1. The van der Waals surface area contributed by atoms with Crippen molar-refractivity contribution in [3.63, 3.8) is 0 Å². The molecule has 0 aliphatic carbocycles. The van der Waals surface area contributed by atoms with Crippen LogP contribution < -0.4 is 4.74 Å². The van der Waals surface area contributed by atoms with Gasteiger partial charge in [-0.25, -0.2) is 4.98 Å². The molecule has 0 bridgehead atoms. The van der Waals surface area contributed by atoms with Gasteiger partial charge < -0.3 is 9.84 Å². The Labute approximate surface area is 150 Å². The smallest absolute Gasteiger partial charge is 0.309 e. The predicted octanol–water partition coefficient (Wildman–Crippen LogP) is 5.18. The average Bonchev–Trinajstić information content (AvgIpc) is 3.05. The van der Waals surface area contributed by atoms with Crippen molar-refractivity contribution < 1.29 is 14.6 Å². The summed E-state index contributed by atoms with van der Waals surface area (Å²) in [5.74, 6) is 0.699. The number of nitrogens with zero attached hydrogens (tertiary/aromatic N) is 1. The van der Waals surface area contributed by atoms with Crippen LogP contribution in [0.3, 0.4) is 0 Å². The SMILES string of the molecule is CCCc1ccc(Oc2ccc(-c3nc(CC(=O)O)cs3)cc2)cc1. The summed E-state index contributed by atoms with van der Waals surface area (Å²) in [4.78, 5) is 15.1. The molecule has 0 saturated heterocycles. The molecule has 5 heteroatoms. The Bertz CT molecular complexity index is 838. The molecular weight excluding hydrogens is 334 g/mol. The van der Waals surface area contributed by atoms with E-state index in [1.54, 1.807) is 5.38 Å². The number of hydrogen-bond acceptors (Lipinski definition) is 4. The number of hydrogen-bond donors (Lipinski definition) is 1. The molecule has 1 aromatic heterocycles. The Hall–Kier alpha value is -2.66. The van der Waals surface area contributed by atoms with Crippen LogP contribution in [-0.2, 0) is 17.6 Å². The first kappa shape index (κ1) is 17.2. The van der Waals surface area contributed by atoms with Crippen LogP contribution in [0.4, 0.5) is 0 Å². The number of aromatic nitrogens is 1. The third-order valence-corrected chi connectivity index (χ3v) is 4.62. The molecule has 1 heterocycles. The quantitative estimate of drug-likeness (QED) is 0.635. The van der Waals surface area contributed by atoms with Gasteiger partial charge in [-0.1, -0.05) is 25.5 Å². The maximum atomic E-state index is 10.7. The van der Waals surface area contributed by atoms with Crippen LogP contribution in [0.2, 0.25) is 0 Å². The first-order chi connectivity index (χ1) is 12.1. The largest absolute Gasteiger partial charge is 0.481 e. The van der Waals surface area contributed by atoms with Crippen LogP contribution in [0.25, 0.3) is 10.6 Å². The van der Waals surface area contributed by atoms with Crippen LogP contribution in [0.5, 0.6) is 11.5 Å². The van der Waals surface area contributed by atoms with E-state index >= 15 is 0 Å². The van der Waals surface area contributed by atoms with E-state index in [0.717, 1.165) is 34.9 Å². The number of rotatable bonds is 7. The van der Waals surface area contributed by atoms with E-state index in [9.17, 15) is 4.79 Å². The fourth-order valence-electron chi connectivity index (χ4n) is 2.49. The lowest BCUT2D eigenvalue weighted by Gasteiger charge is -2.07. The number of thiazole rings is 1. The fraction of sp³-hybridized carbons (Fsp3) is 0.200. The first-order valence-electron chi connectivity index (χ1n) is 8.17. The molecule has 0 fully saturated rings. The van der Waals surface area contributed by atoms with Gasteiger partial charge in [0.15, 0.2) is 0 Å². The van der Waals surface area contributed by atoms with Gasteiger partial charge in [0.2, 0.25) is 0 Å². The highest BCUT2D eigenvalue weighted by Gasteiger charge is 2.08. The molecule has 0 amide bonds. The van der Waals surface area contributed by atoms with E-state index in [2.05, 4.69) is 24.0 Å². The van der Waals surface area contributed by atoms with Crippen LogP contribution in [-0.4, -0.2) is 16.1 Å². The van der Waals surface area contributed by atoms with Crippen molar-refractivity contribution in [2.24, 2.45) is 0 Å². The van der Waals surface area contributed by atoms with Crippen molar-refractivity contribution in [1.29, 1.82) is 0 Å². The highest BCUT2D eigenvalue weighted by atomic mass is 32.1. The molecule has 3 rings (SSSR count). The van der Waals surface area contributed by atoms with Gasteiger partial charge in [0.05, 0.1) is 12.1 Å². The number of aryl methyl sites for hydroxylation is 1. The summed E-state index contributed by atoms with van der Waals surface area (Å²) >= 11 is 1.45. The van der Waals surface area contributed by atoms with Crippen LogP contribution in [0.15, 0.2) is 53.9 Å². The first-order valence-corrected chi connectivity index (χ1v) is 9.05. The minimum Gasteiger partial charge on any atom is -0.481 e. The summed E-state index contributed by atoms with van der Waals surface area (Å²) in [7, 11) is 0. The van der Waals surface area contributed by atoms with Crippen molar-refractivity contribution in [2.45, 2.75) is 26.2 Å². The van der Waals surface area contributed by atoms with E-state index in [-0.39, 0.29) is 6.42 Å². The van der Waals surface area contributed by atoms with Gasteiger partial charge >= 0.3 is 5.97 Å². The highest BCUT2D eigenvalue weighted by molar-refractivity contribution is 7.13. The van der Waals surface area contributed by atoms with Gasteiger partial charge in [-0.2, -0.15) is 0 Å². The molecule has 0 aliphatic rings. The van der Waals surface area contributed by atoms with Crippen molar-refractivity contribution in [3.8, 4) is 22.1 Å². The van der Waals surface area contributed by atoms with Crippen LogP contribution >= 0.6 is 11.3 Å². The maximum absolute atomic E-state index is 10.7. The van der Waals surface area contributed by atoms with Crippen molar-refractivity contribution in [2.75, 3.05) is 0 Å². The van der Waals surface area contributed by atoms with Gasteiger partial charge in [-0.05, 0) is 48.4 Å². The average molecular weight is 353 g/mol. The molecule has 128 valence electrons. The summed E-state index contributed by atoms with van der Waals surface area (Å²) in [6.07, 6.45) is 2.16. The fourth-order valence-corrected chi connectivity index (χ4v) is 3.32. The zero-order chi connectivity index (χ0) is 17.6. The van der Waals surface area contributed by atoms with Gasteiger partial charge in [-0.15, -0.1) is 11.3 Å². The molecule has 4 nitrogen and oxygen atoms in total. The van der Waals surface area contributed by atoms with E-state index in [0.29, 0.717) is 5.69 Å². The lowest BCUT2D eigenvalue weighted by atomic mass is 10.1. The third-order valence-electron chi connectivity index (χ3n) is 3.68. The van der Waals surface area contributed by atoms with Gasteiger partial charge in [0.1, 0.15) is 16.5 Å². The van der Waals surface area contributed by atoms with E-state index in [1.807, 2.05) is 36.4 Å². The Morgan fingerprint density at radius 2 is 1.72 bits per heavy atom. The highest BCUT2D eigenvalue weighted by Crippen LogP contribution is 2.28. The number of carbonyl (C=O) groups is 1. The van der Waals surface area contributed by atoms with Crippen molar-refractivity contribution >= 4 is 17.3 Å². The number of ether oxygens (including phenoxy) is 1. The minimum atomic E-state index is -0.870. The molecule has 0 radical (unpaired) electrons. The molecule has 1 N–H and O–H groups in total. The second-order valence-electron chi connectivity index (χ2n) is 5.73. The van der Waals surface area contributed by atoms with E-state index < -0.39 is 5.97 Å². The number of benzene rings is 2. The number of carboxylic acid groups (broad SMARTS) is 1. The summed E-state index contributed by atoms with van der Waals surface area (Å²) in [6, 6.07) is 15.8. The van der Waals surface area contributed by atoms with Gasteiger partial charge in [0.25, 0.3) is 0 Å². The topological polar surface area (TPSA) is 59.4 Å². The predicted molar refractivity (Wildman–Crippen MR) is 99.4 cm³/mol. The second-order valence-corrected chi connectivity index (χ2v) is 6.59. The van der Waals surface area contributed by atoms with Crippen molar-refractivity contribution in [1.82, 2.24) is 4.98 Å². The number of carboxylic acids is 1. The van der Waals surface area contributed by atoms with Gasteiger partial charge in [-0.3, -0.25) is 4.79 Å². The van der Waals surface area contributed by atoms with Crippen LogP contribution in [0.1, 0.15) is 24.6 Å². The summed E-state index contributed by atoms with van der Waals surface area (Å²) in [5.41, 5.74) is 2.85. The Kier molecular flexibility index (Phi) is 5.46. The molecular formula is C20H19NO3S. The lowest BCUT2D eigenvalue weighted by molar-refractivity contribution is -0.136. The Morgan fingerprint density at radius 3 is 2.32 bits per heavy atom. The third kappa shape index (κ3) is 4.67. The monoisotopic (exact) mass is 353 g/mol. The molecule has 0 atom stereocenters. The molecule has 3 aromatic rings. The summed E-state index contributed by atoms with van der Waals surface area (Å²) < 4.78 is 5.87. The molecule has 0 unspecified atom stereocenters. The Balaban J connectivity index is 1.67.